The predicted molar refractivity (Wildman–Crippen MR) is 64.3 cm³/mol. The maximum Gasteiger partial charge on any atom is 0.410 e. The highest BCUT2D eigenvalue weighted by atomic mass is 35.5. The van der Waals surface area contributed by atoms with E-state index in [0.717, 1.165) is 0 Å². The molecular formula is C11H14ClN3O2. The molecule has 6 heteroatoms. The van der Waals surface area contributed by atoms with Gasteiger partial charge in [-0.2, -0.15) is 10.2 Å². The van der Waals surface area contributed by atoms with Crippen molar-refractivity contribution in [2.24, 2.45) is 15.6 Å². The molecule has 1 amide bonds. The second kappa shape index (κ2) is 4.76. The Labute approximate surface area is 105 Å². The fourth-order valence-corrected chi connectivity index (χ4v) is 1.79. The largest absolute Gasteiger partial charge is 0.436 e. The Hall–Kier alpha value is -1.54. The van der Waals surface area contributed by atoms with Crippen LogP contribution < -0.4 is 5.32 Å². The van der Waals surface area contributed by atoms with Gasteiger partial charge in [-0.3, -0.25) is 5.32 Å². The minimum Gasteiger partial charge on any atom is -0.436 e. The highest BCUT2D eigenvalue weighted by Crippen LogP contribution is 2.42. The second-order valence-corrected chi connectivity index (χ2v) is 4.97. The highest BCUT2D eigenvalue weighted by molar-refractivity contribution is 6.31. The molecule has 5 nitrogen and oxygen atoms in total. The summed E-state index contributed by atoms with van der Waals surface area (Å²) in [5.74, 6) is 2.20. The molecule has 1 N–H and O–H groups in total. The molecule has 1 aliphatic heterocycles. The Morgan fingerprint density at radius 1 is 1.71 bits per heavy atom. The van der Waals surface area contributed by atoms with Gasteiger partial charge >= 0.3 is 6.09 Å². The van der Waals surface area contributed by atoms with Gasteiger partial charge in [-0.1, -0.05) is 38.3 Å². The molecule has 0 aromatic carbocycles. The number of azo groups is 1. The first kappa shape index (κ1) is 13.5. The summed E-state index contributed by atoms with van der Waals surface area (Å²) >= 11 is 6.06. The third-order valence-corrected chi connectivity index (χ3v) is 2.75. The normalized spacial score (nSPS) is 22.9. The van der Waals surface area contributed by atoms with Crippen LogP contribution in [0, 0.1) is 17.8 Å². The van der Waals surface area contributed by atoms with Crippen molar-refractivity contribution in [3.63, 3.8) is 0 Å². The molecule has 1 unspecified atom stereocenters. The third kappa shape index (κ3) is 2.59. The molecule has 0 aliphatic carbocycles. The maximum absolute atomic E-state index is 11.5. The minimum atomic E-state index is -1.10. The molecule has 0 aromatic rings. The summed E-state index contributed by atoms with van der Waals surface area (Å²) in [4.78, 5) is 11.5. The highest BCUT2D eigenvalue weighted by Gasteiger charge is 2.49. The van der Waals surface area contributed by atoms with Gasteiger partial charge in [0.1, 0.15) is 0 Å². The minimum absolute atomic E-state index is 0.107. The van der Waals surface area contributed by atoms with Crippen molar-refractivity contribution in [3.05, 3.63) is 11.2 Å². The third-order valence-electron chi connectivity index (χ3n) is 2.38. The quantitative estimate of drug-likeness (QED) is 0.771. The van der Waals surface area contributed by atoms with Crippen LogP contribution in [0.3, 0.4) is 0 Å². The number of hydrogen-bond donors (Lipinski definition) is 1. The van der Waals surface area contributed by atoms with Gasteiger partial charge in [-0.25, -0.2) is 4.79 Å². The number of carbonyl (C=O) groups excluding carboxylic acids is 1. The lowest BCUT2D eigenvalue weighted by atomic mass is 9.81. The molecule has 0 fully saturated rings. The van der Waals surface area contributed by atoms with Crippen LogP contribution >= 0.6 is 11.6 Å². The van der Waals surface area contributed by atoms with Gasteiger partial charge in [0.15, 0.2) is 12.3 Å². The number of hydrogen-bond acceptors (Lipinski definition) is 4. The second-order valence-electron chi connectivity index (χ2n) is 4.56. The maximum atomic E-state index is 11.5. The summed E-state index contributed by atoms with van der Waals surface area (Å²) < 4.78 is 4.75. The molecule has 0 aromatic heterocycles. The van der Waals surface area contributed by atoms with E-state index in [4.69, 9.17) is 22.8 Å². The topological polar surface area (TPSA) is 63.0 Å². The molecular weight excluding hydrogens is 242 g/mol. The van der Waals surface area contributed by atoms with Crippen molar-refractivity contribution in [1.29, 1.82) is 0 Å². The van der Waals surface area contributed by atoms with Crippen molar-refractivity contribution in [2.75, 3.05) is 6.61 Å². The molecule has 0 saturated carbocycles. The van der Waals surface area contributed by atoms with Crippen LogP contribution in [-0.2, 0) is 4.74 Å². The Balaban J connectivity index is 2.89. The van der Waals surface area contributed by atoms with Gasteiger partial charge in [-0.15, -0.1) is 6.42 Å². The molecule has 0 radical (unpaired) electrons. The van der Waals surface area contributed by atoms with Crippen molar-refractivity contribution < 1.29 is 9.53 Å². The Morgan fingerprint density at radius 3 is 2.76 bits per heavy atom. The van der Waals surface area contributed by atoms with Crippen LogP contribution in [0.5, 0.6) is 0 Å². The zero-order chi connectivity index (χ0) is 13.1. The van der Waals surface area contributed by atoms with Crippen LogP contribution in [0.4, 0.5) is 4.79 Å². The molecule has 0 bridgehead atoms. The lowest BCUT2D eigenvalue weighted by molar-refractivity contribution is 0.125. The Bertz CT molecular complexity index is 417. The number of carbonyl (C=O) groups is 1. The van der Waals surface area contributed by atoms with Gasteiger partial charge in [0.25, 0.3) is 0 Å². The molecule has 1 heterocycles. The van der Waals surface area contributed by atoms with Crippen LogP contribution in [-0.4, -0.2) is 18.4 Å². The number of alkyl carbamates (subject to hydrolysis) is 1. The number of rotatable bonds is 2. The molecule has 1 atom stereocenters. The number of amides is 1. The van der Waals surface area contributed by atoms with E-state index in [9.17, 15) is 4.79 Å². The van der Waals surface area contributed by atoms with Crippen LogP contribution in [0.25, 0.3) is 0 Å². The summed E-state index contributed by atoms with van der Waals surface area (Å²) in [6.45, 7) is 5.55. The van der Waals surface area contributed by atoms with Crippen LogP contribution in [0.2, 0.25) is 0 Å². The van der Waals surface area contributed by atoms with E-state index >= 15 is 0 Å². The molecule has 0 saturated heterocycles. The summed E-state index contributed by atoms with van der Waals surface area (Å²) in [5, 5.41) is 10.7. The lowest BCUT2D eigenvalue weighted by Gasteiger charge is -2.37. The van der Waals surface area contributed by atoms with Crippen LogP contribution in [0.1, 0.15) is 20.8 Å². The number of ether oxygens (including phenoxy) is 1. The van der Waals surface area contributed by atoms with E-state index in [1.54, 1.807) is 0 Å². The van der Waals surface area contributed by atoms with E-state index in [1.807, 2.05) is 20.8 Å². The summed E-state index contributed by atoms with van der Waals surface area (Å²) in [6.07, 6.45) is 5.72. The average molecular weight is 256 g/mol. The zero-order valence-electron chi connectivity index (χ0n) is 9.95. The van der Waals surface area contributed by atoms with Gasteiger partial charge in [0, 0.05) is 5.41 Å². The number of nitrogens with one attached hydrogen (secondary N) is 1. The van der Waals surface area contributed by atoms with Gasteiger partial charge in [0.05, 0.1) is 11.2 Å². The molecule has 1 rings (SSSR count). The molecule has 17 heavy (non-hydrogen) atoms. The van der Waals surface area contributed by atoms with Gasteiger partial charge < -0.3 is 4.74 Å². The predicted octanol–water partition coefficient (Wildman–Crippen LogP) is 2.63. The molecule has 92 valence electrons. The fraction of sp³-hybridized carbons (Fsp3) is 0.545. The van der Waals surface area contributed by atoms with Gasteiger partial charge in [0.2, 0.25) is 0 Å². The zero-order valence-corrected chi connectivity index (χ0v) is 10.7. The first-order valence-corrected chi connectivity index (χ1v) is 5.38. The van der Waals surface area contributed by atoms with Crippen LogP contribution in [0.15, 0.2) is 21.5 Å². The summed E-state index contributed by atoms with van der Waals surface area (Å²) in [7, 11) is 0. The number of nitrogens with zero attached hydrogens (tertiary/aromatic N) is 2. The standard InChI is InChI=1S/C11H14ClN3O2/c1-5-6-17-9(16)14-11(10(2,3)4)8(12)7-13-15-11/h1,7H,6H2,2-4H3,(H,14,16). The molecule has 1 aliphatic rings. The smallest absolute Gasteiger partial charge is 0.410 e. The summed E-state index contributed by atoms with van der Waals surface area (Å²) in [6, 6.07) is 0. The van der Waals surface area contributed by atoms with Crippen molar-refractivity contribution in [2.45, 2.75) is 26.4 Å². The molecule has 0 spiro atoms. The monoisotopic (exact) mass is 255 g/mol. The SMILES string of the molecule is C#CCOC(=O)NC1(C(C)(C)C)N=NC=C1Cl. The Morgan fingerprint density at radius 2 is 2.35 bits per heavy atom. The summed E-state index contributed by atoms with van der Waals surface area (Å²) in [5.41, 5.74) is -1.55. The van der Waals surface area contributed by atoms with Crippen molar-refractivity contribution in [1.82, 2.24) is 5.32 Å². The van der Waals surface area contributed by atoms with Crippen molar-refractivity contribution >= 4 is 17.7 Å². The first-order chi connectivity index (χ1) is 7.83. The number of terminal acetylenes is 1. The van der Waals surface area contributed by atoms with E-state index in [1.165, 1.54) is 6.20 Å². The average Bonchev–Trinajstić information content (AvgIpc) is 2.57. The van der Waals surface area contributed by atoms with Crippen molar-refractivity contribution in [3.8, 4) is 12.3 Å². The number of halogens is 1. The first-order valence-electron chi connectivity index (χ1n) is 5.00. The van der Waals surface area contributed by atoms with E-state index in [2.05, 4.69) is 21.5 Å². The van der Waals surface area contributed by atoms with Gasteiger partial charge in [-0.05, 0) is 0 Å². The fourth-order valence-electron chi connectivity index (χ4n) is 1.38. The van der Waals surface area contributed by atoms with E-state index < -0.39 is 17.2 Å². The van der Waals surface area contributed by atoms with E-state index in [0.29, 0.717) is 5.03 Å². The lowest BCUT2D eigenvalue weighted by Crippen LogP contribution is -2.55. The van der Waals surface area contributed by atoms with E-state index in [-0.39, 0.29) is 6.61 Å². The Kier molecular flexibility index (Phi) is 3.79.